The molecule has 4 N–H and O–H groups in total. The van der Waals surface area contributed by atoms with E-state index in [0.29, 0.717) is 6.07 Å². The first kappa shape index (κ1) is 14.8. The topological polar surface area (TPSA) is 98.7 Å². The predicted octanol–water partition coefficient (Wildman–Crippen LogP) is 0.671. The van der Waals surface area contributed by atoms with E-state index in [1.807, 2.05) is 0 Å². The van der Waals surface area contributed by atoms with E-state index in [9.17, 15) is 22.8 Å². The summed E-state index contributed by atoms with van der Waals surface area (Å²) < 4.78 is 38.8. The molecule has 1 atom stereocenters. The number of nitrogens with one attached hydrogen (secondary N) is 2. The first-order chi connectivity index (χ1) is 8.85. The van der Waals surface area contributed by atoms with Crippen molar-refractivity contribution in [3.05, 3.63) is 29.6 Å². The van der Waals surface area contributed by atoms with Crippen LogP contribution in [0.4, 0.5) is 23.7 Å². The van der Waals surface area contributed by atoms with Crippen molar-refractivity contribution in [1.82, 2.24) is 5.32 Å². The van der Waals surface area contributed by atoms with E-state index in [1.165, 1.54) is 0 Å². The molecule has 19 heavy (non-hydrogen) atoms. The highest BCUT2D eigenvalue weighted by Gasteiger charge is 2.20. The van der Waals surface area contributed by atoms with Gasteiger partial charge in [-0.05, 0) is 0 Å². The molecule has 0 radical (unpaired) electrons. The third-order valence-electron chi connectivity index (χ3n) is 2.03. The molecule has 0 bridgehead atoms. The number of anilines is 1. The van der Waals surface area contributed by atoms with Crippen LogP contribution in [0.15, 0.2) is 12.1 Å². The van der Waals surface area contributed by atoms with Gasteiger partial charge in [0.25, 0.3) is 0 Å². The number of aliphatic hydroxyl groups is 1. The summed E-state index contributed by atoms with van der Waals surface area (Å²) in [4.78, 5) is 21.7. The lowest BCUT2D eigenvalue weighted by atomic mass is 10.3. The number of carbonyl (C=O) groups excluding carboxylic acids is 1. The van der Waals surface area contributed by atoms with Gasteiger partial charge in [-0.25, -0.2) is 22.8 Å². The van der Waals surface area contributed by atoms with Crippen LogP contribution >= 0.6 is 0 Å². The molecule has 0 saturated heterocycles. The average Bonchev–Trinajstić information content (AvgIpc) is 2.32. The van der Waals surface area contributed by atoms with Gasteiger partial charge >= 0.3 is 12.0 Å². The standard InChI is InChI=1S/C10H9F3N2O4/c11-4-1-5(12)8(13)6(2-4)14-10(19)15-7(3-16)9(17)18/h1-2,7,16H,3H2,(H,17,18)(H2,14,15,19)/t7-/m1/s1. The van der Waals surface area contributed by atoms with Crippen molar-refractivity contribution in [2.75, 3.05) is 11.9 Å². The summed E-state index contributed by atoms with van der Waals surface area (Å²) in [5, 5.41) is 20.7. The fraction of sp³-hybridized carbons (Fsp3) is 0.200. The number of carbonyl (C=O) groups is 2. The number of amides is 2. The van der Waals surface area contributed by atoms with Gasteiger partial charge in [-0.15, -0.1) is 0 Å². The van der Waals surface area contributed by atoms with Gasteiger partial charge in [0.1, 0.15) is 5.82 Å². The second kappa shape index (κ2) is 6.05. The van der Waals surface area contributed by atoms with Crippen molar-refractivity contribution in [3.8, 4) is 0 Å². The molecule has 0 spiro atoms. The summed E-state index contributed by atoms with van der Waals surface area (Å²) in [5.74, 6) is -5.64. The van der Waals surface area contributed by atoms with Crippen LogP contribution in [0.1, 0.15) is 0 Å². The maximum absolute atomic E-state index is 13.2. The predicted molar refractivity (Wildman–Crippen MR) is 57.0 cm³/mol. The average molecular weight is 278 g/mol. The summed E-state index contributed by atoms with van der Waals surface area (Å²) in [7, 11) is 0. The molecule has 1 aromatic carbocycles. The van der Waals surface area contributed by atoms with Crippen molar-refractivity contribution < 1.29 is 33.0 Å². The van der Waals surface area contributed by atoms with Gasteiger partial charge in [-0.3, -0.25) is 0 Å². The van der Waals surface area contributed by atoms with Crippen LogP contribution in [0.2, 0.25) is 0 Å². The second-order valence-corrected chi connectivity index (χ2v) is 3.42. The fourth-order valence-electron chi connectivity index (χ4n) is 1.15. The summed E-state index contributed by atoms with van der Waals surface area (Å²) in [6, 6.07) is -2.05. The Labute approximate surface area is 104 Å². The number of urea groups is 1. The van der Waals surface area contributed by atoms with Crippen LogP contribution in [0, 0.1) is 17.5 Å². The van der Waals surface area contributed by atoms with Gasteiger partial charge < -0.3 is 20.8 Å². The number of hydrogen-bond donors (Lipinski definition) is 4. The Morgan fingerprint density at radius 1 is 1.26 bits per heavy atom. The fourth-order valence-corrected chi connectivity index (χ4v) is 1.15. The van der Waals surface area contributed by atoms with E-state index in [4.69, 9.17) is 10.2 Å². The van der Waals surface area contributed by atoms with Crippen LogP contribution in [0.5, 0.6) is 0 Å². The molecular weight excluding hydrogens is 269 g/mol. The zero-order valence-corrected chi connectivity index (χ0v) is 9.28. The SMILES string of the molecule is O=C(Nc1cc(F)cc(F)c1F)N[C@H](CO)C(=O)O. The molecule has 2 amide bonds. The minimum atomic E-state index is -1.62. The highest BCUT2D eigenvalue weighted by atomic mass is 19.2. The van der Waals surface area contributed by atoms with E-state index in [2.05, 4.69) is 0 Å². The maximum atomic E-state index is 13.2. The molecular formula is C10H9F3N2O4. The number of carboxylic acids is 1. The highest BCUT2D eigenvalue weighted by molar-refractivity contribution is 5.92. The van der Waals surface area contributed by atoms with Gasteiger partial charge in [-0.2, -0.15) is 0 Å². The van der Waals surface area contributed by atoms with Crippen molar-refractivity contribution in [1.29, 1.82) is 0 Å². The zero-order chi connectivity index (χ0) is 14.6. The number of aliphatic carboxylic acids is 1. The third-order valence-corrected chi connectivity index (χ3v) is 2.03. The third kappa shape index (κ3) is 3.85. The van der Waals surface area contributed by atoms with Gasteiger partial charge in [-0.1, -0.05) is 0 Å². The van der Waals surface area contributed by atoms with Crippen LogP contribution in [0.3, 0.4) is 0 Å². The van der Waals surface area contributed by atoms with Crippen LogP contribution in [0.25, 0.3) is 0 Å². The second-order valence-electron chi connectivity index (χ2n) is 3.42. The molecule has 0 unspecified atom stereocenters. The Morgan fingerprint density at radius 3 is 2.42 bits per heavy atom. The van der Waals surface area contributed by atoms with Crippen LogP contribution in [-0.4, -0.2) is 34.9 Å². The van der Waals surface area contributed by atoms with Crippen molar-refractivity contribution in [2.45, 2.75) is 6.04 Å². The smallest absolute Gasteiger partial charge is 0.328 e. The van der Waals surface area contributed by atoms with E-state index >= 15 is 0 Å². The largest absolute Gasteiger partial charge is 0.480 e. The molecule has 104 valence electrons. The normalized spacial score (nSPS) is 11.8. The van der Waals surface area contributed by atoms with Gasteiger partial charge in [0.15, 0.2) is 17.7 Å². The maximum Gasteiger partial charge on any atom is 0.328 e. The summed E-state index contributed by atoms with van der Waals surface area (Å²) in [6.07, 6.45) is 0. The van der Waals surface area contributed by atoms with Crippen molar-refractivity contribution >= 4 is 17.7 Å². The lowest BCUT2D eigenvalue weighted by molar-refractivity contribution is -0.140. The van der Waals surface area contributed by atoms with Crippen LogP contribution in [-0.2, 0) is 4.79 Å². The Kier molecular flexibility index (Phi) is 4.70. The quantitative estimate of drug-likeness (QED) is 0.608. The molecule has 9 heteroatoms. The van der Waals surface area contributed by atoms with Gasteiger partial charge in [0, 0.05) is 12.1 Å². The summed E-state index contributed by atoms with van der Waals surface area (Å²) >= 11 is 0. The summed E-state index contributed by atoms with van der Waals surface area (Å²) in [5.41, 5.74) is -0.794. The number of halogens is 3. The van der Waals surface area contributed by atoms with Gasteiger partial charge in [0.2, 0.25) is 0 Å². The Bertz CT molecular complexity index is 510. The van der Waals surface area contributed by atoms with Crippen molar-refractivity contribution in [3.63, 3.8) is 0 Å². The van der Waals surface area contributed by atoms with E-state index in [1.54, 1.807) is 10.6 Å². The van der Waals surface area contributed by atoms with Gasteiger partial charge in [0.05, 0.1) is 12.3 Å². The molecule has 0 aliphatic heterocycles. The highest BCUT2D eigenvalue weighted by Crippen LogP contribution is 2.18. The number of aliphatic hydroxyl groups excluding tert-OH is 1. The molecule has 6 nitrogen and oxygen atoms in total. The first-order valence-electron chi connectivity index (χ1n) is 4.91. The van der Waals surface area contributed by atoms with E-state index in [0.717, 1.165) is 0 Å². The zero-order valence-electron chi connectivity index (χ0n) is 9.28. The van der Waals surface area contributed by atoms with Crippen molar-refractivity contribution in [2.24, 2.45) is 0 Å². The number of rotatable bonds is 4. The minimum absolute atomic E-state index is 0.284. The molecule has 0 saturated carbocycles. The Morgan fingerprint density at radius 2 is 1.89 bits per heavy atom. The lowest BCUT2D eigenvalue weighted by Crippen LogP contribution is -2.45. The molecule has 1 rings (SSSR count). The monoisotopic (exact) mass is 278 g/mol. The van der Waals surface area contributed by atoms with E-state index < -0.39 is 47.8 Å². The van der Waals surface area contributed by atoms with Crippen LogP contribution < -0.4 is 10.6 Å². The Hall–Kier alpha value is -2.29. The molecule has 0 aliphatic rings. The number of benzene rings is 1. The molecule has 0 aliphatic carbocycles. The molecule has 0 fully saturated rings. The Balaban J connectivity index is 2.80. The number of hydrogen-bond acceptors (Lipinski definition) is 3. The summed E-state index contributed by atoms with van der Waals surface area (Å²) in [6.45, 7) is -0.900. The molecule has 0 heterocycles. The minimum Gasteiger partial charge on any atom is -0.480 e. The molecule has 0 aromatic heterocycles. The molecule has 1 aromatic rings. The lowest BCUT2D eigenvalue weighted by Gasteiger charge is -2.13. The van der Waals surface area contributed by atoms with E-state index in [-0.39, 0.29) is 6.07 Å². The number of carboxylic acid groups (broad SMARTS) is 1. The first-order valence-corrected chi connectivity index (χ1v) is 4.91.